The lowest BCUT2D eigenvalue weighted by molar-refractivity contribution is 0.575. The molecule has 0 saturated heterocycles. The highest BCUT2D eigenvalue weighted by atomic mass is 19.1. The minimum atomic E-state index is -0.592. The summed E-state index contributed by atoms with van der Waals surface area (Å²) in [7, 11) is 0. The molecule has 19 heavy (non-hydrogen) atoms. The highest BCUT2D eigenvalue weighted by Crippen LogP contribution is 2.18. The lowest BCUT2D eigenvalue weighted by Gasteiger charge is -2.05. The molecule has 0 aliphatic carbocycles. The van der Waals surface area contributed by atoms with Gasteiger partial charge in [-0.25, -0.2) is 8.78 Å². The smallest absolute Gasteiger partial charge is 0.126 e. The van der Waals surface area contributed by atoms with Crippen LogP contribution < -0.4 is 5.73 Å². The van der Waals surface area contributed by atoms with Gasteiger partial charge in [-0.15, -0.1) is 0 Å². The number of aromatic nitrogens is 2. The molecule has 0 atom stereocenters. The Morgan fingerprint density at radius 1 is 1.05 bits per heavy atom. The van der Waals surface area contributed by atoms with Crippen LogP contribution in [0.4, 0.5) is 14.5 Å². The fourth-order valence-electron chi connectivity index (χ4n) is 2.09. The van der Waals surface area contributed by atoms with Crippen molar-refractivity contribution in [2.45, 2.75) is 6.54 Å². The number of fused-ring (bicyclic) bond motifs is 1. The predicted octanol–water partition coefficient (Wildman–Crippen LogP) is 2.95. The van der Waals surface area contributed by atoms with E-state index in [9.17, 15) is 8.78 Å². The van der Waals surface area contributed by atoms with Crippen LogP contribution in [0.5, 0.6) is 0 Å². The molecular weight excluding hydrogens is 248 g/mol. The SMILES string of the molecule is Nc1ccc2cnn(Cc3cc(F)cc(F)c3)c2c1. The van der Waals surface area contributed by atoms with E-state index in [-0.39, 0.29) is 0 Å². The third-order valence-corrected chi connectivity index (χ3v) is 2.92. The molecule has 0 aliphatic rings. The summed E-state index contributed by atoms with van der Waals surface area (Å²) >= 11 is 0. The van der Waals surface area contributed by atoms with Crippen molar-refractivity contribution in [3.05, 3.63) is 59.8 Å². The fraction of sp³-hybridized carbons (Fsp3) is 0.0714. The summed E-state index contributed by atoms with van der Waals surface area (Å²) in [6.45, 7) is 0.293. The summed E-state index contributed by atoms with van der Waals surface area (Å²) in [5, 5.41) is 5.14. The number of halogens is 2. The molecule has 0 unspecified atom stereocenters. The van der Waals surface area contributed by atoms with E-state index in [4.69, 9.17) is 5.73 Å². The van der Waals surface area contributed by atoms with Crippen LogP contribution >= 0.6 is 0 Å². The molecule has 1 aromatic heterocycles. The van der Waals surface area contributed by atoms with E-state index in [1.807, 2.05) is 6.07 Å². The second-order valence-electron chi connectivity index (χ2n) is 4.40. The van der Waals surface area contributed by atoms with Crippen LogP contribution in [0.3, 0.4) is 0 Å². The second-order valence-corrected chi connectivity index (χ2v) is 4.40. The molecule has 3 nitrogen and oxygen atoms in total. The first-order chi connectivity index (χ1) is 9.11. The molecular formula is C14H11F2N3. The molecule has 0 amide bonds. The molecule has 5 heteroatoms. The van der Waals surface area contributed by atoms with E-state index in [1.165, 1.54) is 12.1 Å². The summed E-state index contributed by atoms with van der Waals surface area (Å²) in [6, 6.07) is 8.88. The maximum absolute atomic E-state index is 13.1. The summed E-state index contributed by atoms with van der Waals surface area (Å²) < 4.78 is 28.0. The van der Waals surface area contributed by atoms with E-state index in [0.29, 0.717) is 17.8 Å². The molecule has 2 aromatic carbocycles. The van der Waals surface area contributed by atoms with Crippen molar-refractivity contribution in [3.63, 3.8) is 0 Å². The predicted molar refractivity (Wildman–Crippen MR) is 69.6 cm³/mol. The number of nitrogens with zero attached hydrogens (tertiary/aromatic N) is 2. The van der Waals surface area contributed by atoms with Crippen LogP contribution in [0.2, 0.25) is 0 Å². The van der Waals surface area contributed by atoms with Crippen molar-refractivity contribution in [3.8, 4) is 0 Å². The third kappa shape index (κ3) is 2.27. The second kappa shape index (κ2) is 4.35. The van der Waals surface area contributed by atoms with Crippen molar-refractivity contribution in [2.24, 2.45) is 0 Å². The van der Waals surface area contributed by atoms with Crippen LogP contribution in [-0.4, -0.2) is 9.78 Å². The third-order valence-electron chi connectivity index (χ3n) is 2.92. The van der Waals surface area contributed by atoms with Gasteiger partial charge in [-0.3, -0.25) is 4.68 Å². The van der Waals surface area contributed by atoms with Crippen molar-refractivity contribution in [1.29, 1.82) is 0 Å². The van der Waals surface area contributed by atoms with Gasteiger partial charge >= 0.3 is 0 Å². The summed E-state index contributed by atoms with van der Waals surface area (Å²) in [4.78, 5) is 0. The lowest BCUT2D eigenvalue weighted by Crippen LogP contribution is -2.02. The molecule has 0 aliphatic heterocycles. The van der Waals surface area contributed by atoms with Crippen molar-refractivity contribution < 1.29 is 8.78 Å². The molecule has 1 heterocycles. The first kappa shape index (κ1) is 11.6. The zero-order chi connectivity index (χ0) is 13.4. The van der Waals surface area contributed by atoms with E-state index >= 15 is 0 Å². The number of hydrogen-bond acceptors (Lipinski definition) is 2. The Kier molecular flexibility index (Phi) is 2.67. The number of anilines is 1. The van der Waals surface area contributed by atoms with Crippen LogP contribution in [0.25, 0.3) is 10.9 Å². The van der Waals surface area contributed by atoms with E-state index in [1.54, 1.807) is 23.0 Å². The Balaban J connectivity index is 2.03. The van der Waals surface area contributed by atoms with Gasteiger partial charge in [-0.05, 0) is 35.9 Å². The Labute approximate surface area is 108 Å². The van der Waals surface area contributed by atoms with Gasteiger partial charge in [0.1, 0.15) is 11.6 Å². The molecule has 3 rings (SSSR count). The molecule has 0 bridgehead atoms. The average Bonchev–Trinajstić information content (AvgIpc) is 2.70. The van der Waals surface area contributed by atoms with Gasteiger partial charge in [-0.2, -0.15) is 5.10 Å². The standard InChI is InChI=1S/C14H11F2N3/c15-11-3-9(4-12(16)5-11)8-19-14-6-13(17)2-1-10(14)7-18-19/h1-7H,8,17H2. The van der Waals surface area contributed by atoms with Gasteiger partial charge in [0.2, 0.25) is 0 Å². The van der Waals surface area contributed by atoms with Crippen LogP contribution in [-0.2, 0) is 6.54 Å². The summed E-state index contributed by atoms with van der Waals surface area (Å²) in [6.07, 6.45) is 1.70. The molecule has 3 aromatic rings. The minimum absolute atomic E-state index is 0.293. The van der Waals surface area contributed by atoms with Crippen molar-refractivity contribution >= 4 is 16.6 Å². The van der Waals surface area contributed by atoms with Gasteiger partial charge in [0, 0.05) is 17.1 Å². The Hall–Kier alpha value is -2.43. The maximum atomic E-state index is 13.1. The van der Waals surface area contributed by atoms with Gasteiger partial charge in [0.15, 0.2) is 0 Å². The fourth-order valence-corrected chi connectivity index (χ4v) is 2.09. The van der Waals surface area contributed by atoms with Gasteiger partial charge in [0.05, 0.1) is 18.3 Å². The first-order valence-corrected chi connectivity index (χ1v) is 5.78. The number of benzene rings is 2. The molecule has 96 valence electrons. The number of nitrogens with two attached hydrogens (primary N) is 1. The highest BCUT2D eigenvalue weighted by Gasteiger charge is 2.06. The quantitative estimate of drug-likeness (QED) is 0.719. The van der Waals surface area contributed by atoms with Crippen LogP contribution in [0.1, 0.15) is 5.56 Å². The van der Waals surface area contributed by atoms with Gasteiger partial charge < -0.3 is 5.73 Å². The molecule has 0 spiro atoms. The van der Waals surface area contributed by atoms with Crippen molar-refractivity contribution in [1.82, 2.24) is 9.78 Å². The zero-order valence-electron chi connectivity index (χ0n) is 9.98. The Morgan fingerprint density at radius 2 is 1.79 bits per heavy atom. The van der Waals surface area contributed by atoms with Crippen LogP contribution in [0.15, 0.2) is 42.6 Å². The number of rotatable bonds is 2. The molecule has 0 fully saturated rings. The van der Waals surface area contributed by atoms with Crippen LogP contribution in [0, 0.1) is 11.6 Å². The van der Waals surface area contributed by atoms with Gasteiger partial charge in [-0.1, -0.05) is 0 Å². The molecule has 0 radical (unpaired) electrons. The maximum Gasteiger partial charge on any atom is 0.126 e. The van der Waals surface area contributed by atoms with Gasteiger partial charge in [0.25, 0.3) is 0 Å². The average molecular weight is 259 g/mol. The Bertz CT molecular complexity index is 729. The monoisotopic (exact) mass is 259 g/mol. The lowest BCUT2D eigenvalue weighted by atomic mass is 10.2. The zero-order valence-corrected chi connectivity index (χ0v) is 9.98. The van der Waals surface area contributed by atoms with E-state index < -0.39 is 11.6 Å². The summed E-state index contributed by atoms with van der Waals surface area (Å²) in [5.41, 5.74) is 7.71. The normalized spacial score (nSPS) is 11.1. The Morgan fingerprint density at radius 3 is 2.53 bits per heavy atom. The van der Waals surface area contributed by atoms with E-state index in [2.05, 4.69) is 5.10 Å². The highest BCUT2D eigenvalue weighted by molar-refractivity contribution is 5.81. The summed E-state index contributed by atoms with van der Waals surface area (Å²) in [5.74, 6) is -1.18. The van der Waals surface area contributed by atoms with Crippen molar-refractivity contribution in [2.75, 3.05) is 5.73 Å². The topological polar surface area (TPSA) is 43.8 Å². The van der Waals surface area contributed by atoms with E-state index in [0.717, 1.165) is 17.0 Å². The molecule has 2 N–H and O–H groups in total. The first-order valence-electron chi connectivity index (χ1n) is 5.78. The number of hydrogen-bond donors (Lipinski definition) is 1. The molecule has 0 saturated carbocycles. The largest absolute Gasteiger partial charge is 0.399 e. The minimum Gasteiger partial charge on any atom is -0.399 e. The number of nitrogen functional groups attached to an aromatic ring is 1.